The first-order chi connectivity index (χ1) is 30.7. The van der Waals surface area contributed by atoms with Gasteiger partial charge in [0.05, 0.1) is 16.8 Å². The van der Waals surface area contributed by atoms with E-state index in [-0.39, 0.29) is 0 Å². The van der Waals surface area contributed by atoms with Gasteiger partial charge in [0.25, 0.3) is 0 Å². The molecule has 0 fully saturated rings. The molecule has 2 heterocycles. The zero-order valence-electron chi connectivity index (χ0n) is 33.7. The molecule has 1 spiro atoms. The molecule has 9 aromatic carbocycles. The number of hydrogen-bond donors (Lipinski definition) is 0. The maximum absolute atomic E-state index is 5.29. The lowest BCUT2D eigenvalue weighted by atomic mass is 9.67. The van der Waals surface area contributed by atoms with Gasteiger partial charge in [0.1, 0.15) is 0 Å². The molecule has 1 aliphatic carbocycles. The van der Waals surface area contributed by atoms with E-state index in [9.17, 15) is 0 Å². The van der Waals surface area contributed by atoms with Crippen LogP contribution in [-0.2, 0) is 5.41 Å². The van der Waals surface area contributed by atoms with Crippen molar-refractivity contribution in [3.8, 4) is 78.4 Å². The van der Waals surface area contributed by atoms with E-state index in [1.807, 2.05) is 11.8 Å². The van der Waals surface area contributed by atoms with E-state index in [1.54, 1.807) is 0 Å². The third-order valence-corrected chi connectivity index (χ3v) is 13.8. The van der Waals surface area contributed by atoms with Crippen LogP contribution in [0.15, 0.2) is 240 Å². The second-order valence-electron chi connectivity index (χ2n) is 16.1. The van der Waals surface area contributed by atoms with Gasteiger partial charge in [-0.1, -0.05) is 218 Å². The zero-order valence-corrected chi connectivity index (χ0v) is 34.6. The summed E-state index contributed by atoms with van der Waals surface area (Å²) < 4.78 is 0. The van der Waals surface area contributed by atoms with Crippen LogP contribution < -0.4 is 0 Å². The van der Waals surface area contributed by atoms with Crippen LogP contribution in [0.3, 0.4) is 0 Å². The smallest absolute Gasteiger partial charge is 0.160 e. The number of hydrogen-bond acceptors (Lipinski definition) is 3. The molecule has 290 valence electrons. The first-order valence-corrected chi connectivity index (χ1v) is 22.0. The molecule has 2 aliphatic rings. The first kappa shape index (κ1) is 36.3. The molecule has 0 unspecified atom stereocenters. The minimum atomic E-state index is -0.416. The van der Waals surface area contributed by atoms with Gasteiger partial charge in [-0.3, -0.25) is 0 Å². The van der Waals surface area contributed by atoms with Crippen molar-refractivity contribution in [1.82, 2.24) is 9.97 Å². The van der Waals surface area contributed by atoms with Crippen LogP contribution in [0, 0.1) is 0 Å². The molecule has 1 aromatic heterocycles. The van der Waals surface area contributed by atoms with Crippen molar-refractivity contribution >= 4 is 11.8 Å². The molecule has 0 N–H and O–H groups in total. The molecule has 0 radical (unpaired) electrons. The quantitative estimate of drug-likeness (QED) is 0.167. The van der Waals surface area contributed by atoms with Gasteiger partial charge in [-0.15, -0.1) is 0 Å². The van der Waals surface area contributed by atoms with Crippen molar-refractivity contribution in [1.29, 1.82) is 0 Å². The Bertz CT molecular complexity index is 3170. The Labute approximate surface area is 366 Å². The van der Waals surface area contributed by atoms with Gasteiger partial charge in [0.2, 0.25) is 0 Å². The van der Waals surface area contributed by atoms with Crippen molar-refractivity contribution in [2.45, 2.75) is 15.2 Å². The van der Waals surface area contributed by atoms with Gasteiger partial charge in [0.15, 0.2) is 5.82 Å². The molecular weight excluding hydrogens is 769 g/mol. The summed E-state index contributed by atoms with van der Waals surface area (Å²) in [4.78, 5) is 13.2. The van der Waals surface area contributed by atoms with Gasteiger partial charge in [-0.2, -0.15) is 0 Å². The molecule has 0 saturated heterocycles. The summed E-state index contributed by atoms with van der Waals surface area (Å²) in [6, 6.07) is 83.2. The molecule has 1 aliphatic heterocycles. The summed E-state index contributed by atoms with van der Waals surface area (Å²) in [6.45, 7) is 0. The number of aromatic nitrogens is 2. The molecule has 62 heavy (non-hydrogen) atoms. The average molecular weight is 807 g/mol. The summed E-state index contributed by atoms with van der Waals surface area (Å²) in [7, 11) is 0. The molecule has 12 rings (SSSR count). The fraction of sp³-hybridized carbons (Fsp3) is 0.0169. The summed E-state index contributed by atoms with van der Waals surface area (Å²) in [5.41, 5.74) is 19.4. The molecule has 2 nitrogen and oxygen atoms in total. The van der Waals surface area contributed by atoms with Crippen molar-refractivity contribution in [2.24, 2.45) is 0 Å². The second kappa shape index (κ2) is 14.8. The van der Waals surface area contributed by atoms with Crippen molar-refractivity contribution in [3.05, 3.63) is 253 Å². The molecule has 10 aromatic rings. The topological polar surface area (TPSA) is 25.8 Å². The predicted octanol–water partition coefficient (Wildman–Crippen LogP) is 15.3. The highest BCUT2D eigenvalue weighted by Gasteiger charge is 2.50. The Kier molecular flexibility index (Phi) is 8.69. The van der Waals surface area contributed by atoms with Gasteiger partial charge < -0.3 is 0 Å². The van der Waals surface area contributed by atoms with Crippen LogP contribution in [0.5, 0.6) is 0 Å². The molecule has 0 amide bonds. The summed E-state index contributed by atoms with van der Waals surface area (Å²) in [5, 5.41) is 0. The van der Waals surface area contributed by atoms with E-state index in [0.29, 0.717) is 5.82 Å². The van der Waals surface area contributed by atoms with Crippen LogP contribution in [0.25, 0.3) is 78.4 Å². The van der Waals surface area contributed by atoms with E-state index in [1.165, 1.54) is 59.9 Å². The van der Waals surface area contributed by atoms with Crippen LogP contribution in [0.2, 0.25) is 0 Å². The second-order valence-corrected chi connectivity index (χ2v) is 17.1. The lowest BCUT2D eigenvalue weighted by molar-refractivity contribution is 0.723. The zero-order chi connectivity index (χ0) is 41.0. The Morgan fingerprint density at radius 3 is 1.32 bits per heavy atom. The third-order valence-electron chi connectivity index (χ3n) is 12.6. The normalized spacial score (nSPS) is 12.9. The summed E-state index contributed by atoms with van der Waals surface area (Å²) in [6.07, 6.45) is 0. The van der Waals surface area contributed by atoms with E-state index in [2.05, 4.69) is 231 Å². The van der Waals surface area contributed by atoms with Crippen LogP contribution in [-0.4, -0.2) is 9.97 Å². The fourth-order valence-electron chi connectivity index (χ4n) is 9.75. The van der Waals surface area contributed by atoms with Gasteiger partial charge in [-0.25, -0.2) is 9.97 Å². The highest BCUT2D eigenvalue weighted by molar-refractivity contribution is 7.99. The van der Waals surface area contributed by atoms with Crippen molar-refractivity contribution < 1.29 is 0 Å². The Hall–Kier alpha value is -7.59. The van der Waals surface area contributed by atoms with E-state index >= 15 is 0 Å². The van der Waals surface area contributed by atoms with Crippen LogP contribution in [0.4, 0.5) is 0 Å². The lowest BCUT2D eigenvalue weighted by Gasteiger charge is -2.40. The maximum Gasteiger partial charge on any atom is 0.160 e. The standard InChI is InChI=1S/C59H38N2S/c1-3-16-39(17-4-1)43-20-13-22-45(36-43)54-38-55(46-23-14-21-44(37-46)40-18-5-2-6-19-40)61-58(60-54)42-34-32-41(33-35-42)47-26-15-30-53-57(47)62-56-31-12-11-29-52(56)59(53)50-27-9-7-24-48(50)49-25-8-10-28-51(49)59/h1-38H. The van der Waals surface area contributed by atoms with E-state index < -0.39 is 5.41 Å². The largest absolute Gasteiger partial charge is 0.228 e. The molecule has 3 heteroatoms. The van der Waals surface area contributed by atoms with E-state index in [0.717, 1.165) is 44.8 Å². The lowest BCUT2D eigenvalue weighted by Crippen LogP contribution is -2.32. The number of fused-ring (bicyclic) bond motifs is 9. The minimum Gasteiger partial charge on any atom is -0.228 e. The molecule has 0 atom stereocenters. The first-order valence-electron chi connectivity index (χ1n) is 21.1. The molecule has 0 saturated carbocycles. The van der Waals surface area contributed by atoms with Gasteiger partial charge >= 0.3 is 0 Å². The molecular formula is C59H38N2S. The third kappa shape index (κ3) is 5.89. The Morgan fingerprint density at radius 1 is 0.290 bits per heavy atom. The van der Waals surface area contributed by atoms with Crippen molar-refractivity contribution in [2.75, 3.05) is 0 Å². The monoisotopic (exact) mass is 806 g/mol. The number of nitrogens with zero attached hydrogens (tertiary/aromatic N) is 2. The average Bonchev–Trinajstić information content (AvgIpc) is 3.65. The minimum absolute atomic E-state index is 0.416. The van der Waals surface area contributed by atoms with Crippen LogP contribution >= 0.6 is 11.8 Å². The van der Waals surface area contributed by atoms with Crippen molar-refractivity contribution in [3.63, 3.8) is 0 Å². The predicted molar refractivity (Wildman–Crippen MR) is 256 cm³/mol. The van der Waals surface area contributed by atoms with Crippen LogP contribution in [0.1, 0.15) is 22.3 Å². The summed E-state index contributed by atoms with van der Waals surface area (Å²) >= 11 is 1.89. The maximum atomic E-state index is 5.29. The highest BCUT2D eigenvalue weighted by Crippen LogP contribution is 2.63. The van der Waals surface area contributed by atoms with Gasteiger partial charge in [-0.05, 0) is 91.0 Å². The Balaban J connectivity index is 0.987. The van der Waals surface area contributed by atoms with Gasteiger partial charge in [0, 0.05) is 26.5 Å². The highest BCUT2D eigenvalue weighted by atomic mass is 32.2. The van der Waals surface area contributed by atoms with E-state index in [4.69, 9.17) is 9.97 Å². The SMILES string of the molecule is c1ccc(-c2cccc(-c3cc(-c4cccc(-c5ccccc5)c4)nc(-c4ccc(-c5cccc6c5Sc5ccccc5C65c6ccccc6-c6ccccc65)cc4)n3)c2)cc1. The molecule has 0 bridgehead atoms. The number of rotatable bonds is 6. The fourth-order valence-corrected chi connectivity index (χ4v) is 11.1. The number of benzene rings is 9. The summed E-state index contributed by atoms with van der Waals surface area (Å²) in [5.74, 6) is 0.691. The Morgan fingerprint density at radius 2 is 0.726 bits per heavy atom.